The van der Waals surface area contributed by atoms with Gasteiger partial charge >= 0.3 is 0 Å². The van der Waals surface area contributed by atoms with Crippen LogP contribution in [0.25, 0.3) is 0 Å². The van der Waals surface area contributed by atoms with Gasteiger partial charge in [0.15, 0.2) is 0 Å². The largest absolute Gasteiger partial charge is 0.390 e. The van der Waals surface area contributed by atoms with E-state index in [1.165, 1.54) is 6.07 Å². The molecule has 1 atom stereocenters. The topological polar surface area (TPSA) is 20.2 Å². The molecule has 0 amide bonds. The lowest BCUT2D eigenvalue weighted by atomic mass is 9.68. The molecule has 1 aromatic carbocycles. The van der Waals surface area contributed by atoms with Crippen molar-refractivity contribution in [3.8, 4) is 0 Å². The van der Waals surface area contributed by atoms with Crippen LogP contribution in [0.4, 0.5) is 4.39 Å². The van der Waals surface area contributed by atoms with Gasteiger partial charge in [0.05, 0.1) is 10.1 Å². The molecule has 1 saturated carbocycles. The quantitative estimate of drug-likeness (QED) is 0.854. The van der Waals surface area contributed by atoms with Crippen molar-refractivity contribution in [2.45, 2.75) is 51.6 Å². The minimum absolute atomic E-state index is 0.173. The molecular weight excluding hydrogens is 295 g/mol. The van der Waals surface area contributed by atoms with Crippen LogP contribution < -0.4 is 0 Å². The van der Waals surface area contributed by atoms with E-state index in [2.05, 4.69) is 29.8 Å². The van der Waals surface area contributed by atoms with E-state index in [-0.39, 0.29) is 11.2 Å². The summed E-state index contributed by atoms with van der Waals surface area (Å²) in [5.74, 6) is -0.258. The molecule has 1 nitrogen and oxygen atoms in total. The first kappa shape index (κ1) is 14.0. The Kier molecular flexibility index (Phi) is 3.84. The highest BCUT2D eigenvalue weighted by molar-refractivity contribution is 9.10. The summed E-state index contributed by atoms with van der Waals surface area (Å²) in [6, 6.07) is 5.02. The van der Waals surface area contributed by atoms with Crippen LogP contribution in [0.2, 0.25) is 0 Å². The summed E-state index contributed by atoms with van der Waals surface area (Å²) in [5, 5.41) is 10.7. The summed E-state index contributed by atoms with van der Waals surface area (Å²) in [6.07, 6.45) is 4.30. The number of hydrogen-bond acceptors (Lipinski definition) is 1. The Hall–Kier alpha value is -0.410. The van der Waals surface area contributed by atoms with Gasteiger partial charge in [-0.3, -0.25) is 0 Å². The normalized spacial score (nSPS) is 27.2. The van der Waals surface area contributed by atoms with Gasteiger partial charge in [0.25, 0.3) is 0 Å². The molecule has 0 radical (unpaired) electrons. The molecule has 100 valence electrons. The molecule has 0 bridgehead atoms. The first-order valence-electron chi connectivity index (χ1n) is 6.47. The van der Waals surface area contributed by atoms with E-state index >= 15 is 0 Å². The van der Waals surface area contributed by atoms with Crippen LogP contribution in [0.3, 0.4) is 0 Å². The van der Waals surface area contributed by atoms with Crippen LogP contribution in [0.15, 0.2) is 22.7 Å². The zero-order valence-corrected chi connectivity index (χ0v) is 12.6. The standard InChI is InChI=1S/C15H20BrFO/c1-14(2)7-4-8-15(18,10-14)9-11-5-3-6-12(17)13(11)16/h3,5-6,18H,4,7-10H2,1-2H3. The van der Waals surface area contributed by atoms with Gasteiger partial charge in [0.2, 0.25) is 0 Å². The van der Waals surface area contributed by atoms with Gasteiger partial charge in [-0.1, -0.05) is 32.4 Å². The zero-order valence-electron chi connectivity index (χ0n) is 11.0. The van der Waals surface area contributed by atoms with Crippen LogP contribution in [0, 0.1) is 11.2 Å². The van der Waals surface area contributed by atoms with Gasteiger partial charge in [-0.05, 0) is 52.2 Å². The maximum atomic E-state index is 13.5. The summed E-state index contributed by atoms with van der Waals surface area (Å²) >= 11 is 3.27. The van der Waals surface area contributed by atoms with Gasteiger partial charge in [-0.15, -0.1) is 0 Å². The maximum Gasteiger partial charge on any atom is 0.137 e. The highest BCUT2D eigenvalue weighted by Crippen LogP contribution is 2.43. The molecule has 0 saturated heterocycles. The summed E-state index contributed by atoms with van der Waals surface area (Å²) in [7, 11) is 0. The average molecular weight is 315 g/mol. The lowest BCUT2D eigenvalue weighted by Gasteiger charge is -2.41. The Balaban J connectivity index is 2.20. The summed E-state index contributed by atoms with van der Waals surface area (Å²) in [5.41, 5.74) is 0.334. The van der Waals surface area contributed by atoms with Crippen molar-refractivity contribution in [1.29, 1.82) is 0 Å². The second-order valence-corrected chi connectivity index (χ2v) is 7.10. The van der Waals surface area contributed by atoms with Gasteiger partial charge in [-0.25, -0.2) is 4.39 Å². The van der Waals surface area contributed by atoms with Crippen LogP contribution >= 0.6 is 15.9 Å². The van der Waals surface area contributed by atoms with E-state index in [1.807, 2.05) is 6.07 Å². The van der Waals surface area contributed by atoms with Crippen molar-refractivity contribution >= 4 is 15.9 Å². The second kappa shape index (κ2) is 4.93. The van der Waals surface area contributed by atoms with E-state index in [4.69, 9.17) is 0 Å². The van der Waals surface area contributed by atoms with E-state index in [0.717, 1.165) is 31.2 Å². The Bertz CT molecular complexity index is 444. The minimum Gasteiger partial charge on any atom is -0.390 e. The Morgan fingerprint density at radius 2 is 2.06 bits per heavy atom. The van der Waals surface area contributed by atoms with Crippen molar-refractivity contribution in [2.24, 2.45) is 5.41 Å². The molecule has 0 spiro atoms. The van der Waals surface area contributed by atoms with Crippen molar-refractivity contribution in [2.75, 3.05) is 0 Å². The fraction of sp³-hybridized carbons (Fsp3) is 0.600. The maximum absolute atomic E-state index is 13.5. The van der Waals surface area contributed by atoms with Crippen LogP contribution in [-0.4, -0.2) is 10.7 Å². The number of halogens is 2. The van der Waals surface area contributed by atoms with Crippen molar-refractivity contribution in [3.63, 3.8) is 0 Å². The second-order valence-electron chi connectivity index (χ2n) is 6.31. The van der Waals surface area contributed by atoms with Crippen LogP contribution in [0.1, 0.15) is 45.1 Å². The lowest BCUT2D eigenvalue weighted by Crippen LogP contribution is -2.40. The van der Waals surface area contributed by atoms with Crippen LogP contribution in [-0.2, 0) is 6.42 Å². The summed E-state index contributed by atoms with van der Waals surface area (Å²) < 4.78 is 14.0. The van der Waals surface area contributed by atoms with Crippen LogP contribution in [0.5, 0.6) is 0 Å². The third-order valence-corrected chi connectivity index (χ3v) is 4.74. The first-order chi connectivity index (χ1) is 8.31. The molecule has 18 heavy (non-hydrogen) atoms. The molecule has 1 fully saturated rings. The Morgan fingerprint density at radius 3 is 2.72 bits per heavy atom. The van der Waals surface area contributed by atoms with Crippen molar-refractivity contribution in [1.82, 2.24) is 0 Å². The molecule has 2 rings (SSSR count). The molecule has 1 aromatic rings. The zero-order chi connectivity index (χ0) is 13.4. The van der Waals surface area contributed by atoms with E-state index in [1.54, 1.807) is 6.07 Å². The van der Waals surface area contributed by atoms with Gasteiger partial charge in [0.1, 0.15) is 5.82 Å². The van der Waals surface area contributed by atoms with Crippen molar-refractivity contribution < 1.29 is 9.50 Å². The number of aliphatic hydroxyl groups is 1. The molecule has 1 unspecified atom stereocenters. The van der Waals surface area contributed by atoms with E-state index in [9.17, 15) is 9.50 Å². The highest BCUT2D eigenvalue weighted by Gasteiger charge is 2.38. The van der Waals surface area contributed by atoms with Gasteiger partial charge < -0.3 is 5.11 Å². The summed E-state index contributed by atoms with van der Waals surface area (Å²) in [6.45, 7) is 4.38. The number of benzene rings is 1. The third kappa shape index (κ3) is 3.12. The Labute approximate surface area is 117 Å². The number of hydrogen-bond donors (Lipinski definition) is 1. The lowest BCUT2D eigenvalue weighted by molar-refractivity contribution is -0.0383. The fourth-order valence-electron chi connectivity index (χ4n) is 3.15. The molecule has 1 aliphatic carbocycles. The molecule has 0 aliphatic heterocycles. The van der Waals surface area contributed by atoms with E-state index < -0.39 is 5.60 Å². The smallest absolute Gasteiger partial charge is 0.137 e. The molecule has 0 aromatic heterocycles. The molecule has 1 aliphatic rings. The molecule has 3 heteroatoms. The SMILES string of the molecule is CC1(C)CCCC(O)(Cc2cccc(F)c2Br)C1. The Morgan fingerprint density at radius 1 is 1.33 bits per heavy atom. The summed E-state index contributed by atoms with van der Waals surface area (Å²) in [4.78, 5) is 0. The highest BCUT2D eigenvalue weighted by atomic mass is 79.9. The molecular formula is C15H20BrFO. The average Bonchev–Trinajstić information content (AvgIpc) is 2.22. The van der Waals surface area contributed by atoms with E-state index in [0.29, 0.717) is 10.9 Å². The monoisotopic (exact) mass is 314 g/mol. The third-order valence-electron chi connectivity index (χ3n) is 3.85. The van der Waals surface area contributed by atoms with Gasteiger partial charge in [0, 0.05) is 6.42 Å². The first-order valence-corrected chi connectivity index (χ1v) is 7.26. The van der Waals surface area contributed by atoms with Crippen molar-refractivity contribution in [3.05, 3.63) is 34.1 Å². The number of rotatable bonds is 2. The predicted octanol–water partition coefficient (Wildman–Crippen LogP) is 4.46. The van der Waals surface area contributed by atoms with Gasteiger partial charge in [-0.2, -0.15) is 0 Å². The molecule has 0 heterocycles. The predicted molar refractivity (Wildman–Crippen MR) is 75.0 cm³/mol. The fourth-order valence-corrected chi connectivity index (χ4v) is 3.56. The molecule has 1 N–H and O–H groups in total. The minimum atomic E-state index is -0.696.